The number of rotatable bonds is 7. The topological polar surface area (TPSA) is 44.4 Å². The number of amides is 1. The van der Waals surface area contributed by atoms with E-state index in [2.05, 4.69) is 23.0 Å². The van der Waals surface area contributed by atoms with Crippen molar-refractivity contribution in [1.29, 1.82) is 0 Å². The summed E-state index contributed by atoms with van der Waals surface area (Å²) in [6.07, 6.45) is 0.660. The summed E-state index contributed by atoms with van der Waals surface area (Å²) in [4.78, 5) is 15.9. The Morgan fingerprint density at radius 1 is 1.15 bits per heavy atom. The molecule has 2 aromatic rings. The summed E-state index contributed by atoms with van der Waals surface area (Å²) in [5, 5.41) is 0. The number of hydrazine groups is 1. The van der Waals surface area contributed by atoms with Crippen LogP contribution in [0.25, 0.3) is 0 Å². The van der Waals surface area contributed by atoms with Gasteiger partial charge in [0.15, 0.2) is 0 Å². The van der Waals surface area contributed by atoms with Gasteiger partial charge in [-0.15, -0.1) is 11.8 Å². The molecular formula is C20H24FN3OS. The highest BCUT2D eigenvalue weighted by Gasteiger charge is 2.32. The molecule has 2 aromatic carbocycles. The second-order valence-corrected chi connectivity index (χ2v) is 7.43. The lowest BCUT2D eigenvalue weighted by atomic mass is 10.0. The molecule has 2 N–H and O–H groups in total. The van der Waals surface area contributed by atoms with Crippen molar-refractivity contribution in [1.82, 2.24) is 15.8 Å². The van der Waals surface area contributed by atoms with Crippen molar-refractivity contribution in [3.05, 3.63) is 66.0 Å². The van der Waals surface area contributed by atoms with E-state index in [0.29, 0.717) is 19.5 Å². The van der Waals surface area contributed by atoms with Gasteiger partial charge < -0.3 is 4.90 Å². The molecule has 6 heteroatoms. The van der Waals surface area contributed by atoms with E-state index >= 15 is 0 Å². The molecule has 1 amide bonds. The van der Waals surface area contributed by atoms with Crippen LogP contribution >= 0.6 is 11.8 Å². The highest BCUT2D eigenvalue weighted by atomic mass is 32.2. The first-order valence-electron chi connectivity index (χ1n) is 8.90. The smallest absolute Gasteiger partial charge is 0.241 e. The molecule has 0 saturated carbocycles. The fourth-order valence-electron chi connectivity index (χ4n) is 3.07. The maximum Gasteiger partial charge on any atom is 0.241 e. The SMILES string of the molecule is CCN(CCSc1ccccc1)C(=O)C1CC(c2ccc(F)cc2)NN1. The van der Waals surface area contributed by atoms with E-state index in [4.69, 9.17) is 0 Å². The van der Waals surface area contributed by atoms with Crippen molar-refractivity contribution >= 4 is 17.7 Å². The molecule has 0 spiro atoms. The minimum Gasteiger partial charge on any atom is -0.341 e. The molecule has 1 saturated heterocycles. The Morgan fingerprint density at radius 3 is 2.58 bits per heavy atom. The molecule has 2 unspecified atom stereocenters. The van der Waals surface area contributed by atoms with E-state index in [-0.39, 0.29) is 23.8 Å². The van der Waals surface area contributed by atoms with Crippen molar-refractivity contribution in [2.75, 3.05) is 18.8 Å². The predicted molar refractivity (Wildman–Crippen MR) is 103 cm³/mol. The number of likely N-dealkylation sites (N-methyl/N-ethyl adjacent to an activating group) is 1. The Labute approximate surface area is 158 Å². The highest BCUT2D eigenvalue weighted by molar-refractivity contribution is 7.99. The largest absolute Gasteiger partial charge is 0.341 e. The molecule has 138 valence electrons. The van der Waals surface area contributed by atoms with E-state index < -0.39 is 0 Å². The number of carbonyl (C=O) groups excluding carboxylic acids is 1. The molecule has 26 heavy (non-hydrogen) atoms. The summed E-state index contributed by atoms with van der Waals surface area (Å²) in [5.41, 5.74) is 7.24. The third-order valence-electron chi connectivity index (χ3n) is 4.54. The van der Waals surface area contributed by atoms with Gasteiger partial charge in [-0.3, -0.25) is 4.79 Å². The van der Waals surface area contributed by atoms with Crippen LogP contribution < -0.4 is 10.9 Å². The van der Waals surface area contributed by atoms with Crippen LogP contribution in [0.3, 0.4) is 0 Å². The number of halogens is 1. The summed E-state index contributed by atoms with van der Waals surface area (Å²) < 4.78 is 13.1. The van der Waals surface area contributed by atoms with E-state index in [0.717, 1.165) is 11.3 Å². The standard InChI is InChI=1S/C20H24FN3OS/c1-2-24(12-13-26-17-6-4-3-5-7-17)20(25)19-14-18(22-23-19)15-8-10-16(21)11-9-15/h3-11,18-19,22-23H,2,12-14H2,1H3. The van der Waals surface area contributed by atoms with E-state index in [1.165, 1.54) is 17.0 Å². The zero-order valence-corrected chi connectivity index (χ0v) is 15.6. The van der Waals surface area contributed by atoms with Gasteiger partial charge in [-0.25, -0.2) is 15.2 Å². The monoisotopic (exact) mass is 373 g/mol. The Balaban J connectivity index is 1.51. The van der Waals surface area contributed by atoms with E-state index in [9.17, 15) is 9.18 Å². The number of nitrogens with one attached hydrogen (secondary N) is 2. The van der Waals surface area contributed by atoms with Crippen molar-refractivity contribution in [2.24, 2.45) is 0 Å². The molecular weight excluding hydrogens is 349 g/mol. The number of nitrogens with zero attached hydrogens (tertiary/aromatic N) is 1. The first kappa shape index (κ1) is 18.9. The normalized spacial score (nSPS) is 19.5. The van der Waals surface area contributed by atoms with Crippen LogP contribution in [0, 0.1) is 5.82 Å². The van der Waals surface area contributed by atoms with Crippen LogP contribution in [0.2, 0.25) is 0 Å². The highest BCUT2D eigenvalue weighted by Crippen LogP contribution is 2.24. The van der Waals surface area contributed by atoms with Crippen molar-refractivity contribution in [3.8, 4) is 0 Å². The van der Waals surface area contributed by atoms with Gasteiger partial charge in [-0.1, -0.05) is 30.3 Å². The van der Waals surface area contributed by atoms with Gasteiger partial charge >= 0.3 is 0 Å². The second kappa shape index (κ2) is 9.16. The van der Waals surface area contributed by atoms with Crippen molar-refractivity contribution in [2.45, 2.75) is 30.3 Å². The van der Waals surface area contributed by atoms with Gasteiger partial charge in [0.05, 0.1) is 0 Å². The van der Waals surface area contributed by atoms with Crippen LogP contribution in [0.1, 0.15) is 24.9 Å². The lowest BCUT2D eigenvalue weighted by molar-refractivity contribution is -0.132. The molecule has 4 nitrogen and oxygen atoms in total. The van der Waals surface area contributed by atoms with Crippen LogP contribution in [-0.4, -0.2) is 35.7 Å². The van der Waals surface area contributed by atoms with Crippen LogP contribution in [0.4, 0.5) is 4.39 Å². The van der Waals surface area contributed by atoms with Gasteiger partial charge in [-0.05, 0) is 43.2 Å². The van der Waals surface area contributed by atoms with E-state index in [1.54, 1.807) is 23.9 Å². The predicted octanol–water partition coefficient (Wildman–Crippen LogP) is 3.37. The summed E-state index contributed by atoms with van der Waals surface area (Å²) in [7, 11) is 0. The van der Waals surface area contributed by atoms with Crippen LogP contribution in [0.15, 0.2) is 59.5 Å². The molecule has 1 aliphatic rings. The van der Waals surface area contributed by atoms with E-state index in [1.807, 2.05) is 30.0 Å². The summed E-state index contributed by atoms with van der Waals surface area (Å²) in [5.74, 6) is 0.726. The maximum atomic E-state index is 13.1. The first-order chi connectivity index (χ1) is 12.7. The quantitative estimate of drug-likeness (QED) is 0.731. The number of carbonyl (C=O) groups is 1. The Hall–Kier alpha value is -1.89. The number of hydrogen-bond acceptors (Lipinski definition) is 4. The molecule has 1 heterocycles. The zero-order chi connectivity index (χ0) is 18.4. The third-order valence-corrected chi connectivity index (χ3v) is 5.53. The van der Waals surface area contributed by atoms with Gasteiger partial charge in [0.2, 0.25) is 5.91 Å². The number of thioether (sulfide) groups is 1. The lowest BCUT2D eigenvalue weighted by Crippen LogP contribution is -2.46. The molecule has 0 aromatic heterocycles. The minimum absolute atomic E-state index is 0.0157. The molecule has 0 radical (unpaired) electrons. The number of hydrogen-bond donors (Lipinski definition) is 2. The number of benzene rings is 2. The van der Waals surface area contributed by atoms with Gasteiger partial charge in [0.1, 0.15) is 11.9 Å². The average Bonchev–Trinajstić information content (AvgIpc) is 3.16. The average molecular weight is 373 g/mol. The molecule has 3 rings (SSSR count). The van der Waals surface area contributed by atoms with Crippen LogP contribution in [0.5, 0.6) is 0 Å². The molecule has 0 aliphatic carbocycles. The molecule has 1 fully saturated rings. The zero-order valence-electron chi connectivity index (χ0n) is 14.8. The molecule has 2 atom stereocenters. The first-order valence-corrected chi connectivity index (χ1v) is 9.89. The summed E-state index contributed by atoms with van der Waals surface area (Å²) >= 11 is 1.76. The van der Waals surface area contributed by atoms with Gasteiger partial charge in [0, 0.05) is 29.8 Å². The molecule has 1 aliphatic heterocycles. The minimum atomic E-state index is -0.258. The molecule has 0 bridgehead atoms. The third kappa shape index (κ3) is 4.84. The van der Waals surface area contributed by atoms with Crippen molar-refractivity contribution < 1.29 is 9.18 Å². The summed E-state index contributed by atoms with van der Waals surface area (Å²) in [6.45, 7) is 3.41. The van der Waals surface area contributed by atoms with Crippen molar-refractivity contribution in [3.63, 3.8) is 0 Å². The Kier molecular flexibility index (Phi) is 6.66. The second-order valence-electron chi connectivity index (χ2n) is 6.26. The Morgan fingerprint density at radius 2 is 1.88 bits per heavy atom. The van der Waals surface area contributed by atoms with Gasteiger partial charge in [-0.2, -0.15) is 0 Å². The maximum absolute atomic E-state index is 13.1. The Bertz CT molecular complexity index is 711. The lowest BCUT2D eigenvalue weighted by Gasteiger charge is -2.23. The van der Waals surface area contributed by atoms with Gasteiger partial charge in [0.25, 0.3) is 0 Å². The fourth-order valence-corrected chi connectivity index (χ4v) is 3.96. The van der Waals surface area contributed by atoms with Crippen LogP contribution in [-0.2, 0) is 4.79 Å². The summed E-state index contributed by atoms with van der Waals surface area (Å²) in [6, 6.07) is 16.4. The fraction of sp³-hybridized carbons (Fsp3) is 0.350.